The maximum Gasteiger partial charge on any atom is 0.253 e. The van der Waals surface area contributed by atoms with E-state index in [2.05, 4.69) is 21.8 Å². The van der Waals surface area contributed by atoms with Gasteiger partial charge in [0.05, 0.1) is 32.9 Å². The van der Waals surface area contributed by atoms with Gasteiger partial charge in [-0.15, -0.1) is 0 Å². The van der Waals surface area contributed by atoms with Gasteiger partial charge >= 0.3 is 0 Å². The van der Waals surface area contributed by atoms with Crippen LogP contribution >= 0.6 is 0 Å². The number of aliphatic hydroxyl groups excluding tert-OH is 3. The highest BCUT2D eigenvalue weighted by molar-refractivity contribution is 5.81. The Morgan fingerprint density at radius 1 is 1.19 bits per heavy atom. The van der Waals surface area contributed by atoms with Crippen LogP contribution in [0.25, 0.3) is 0 Å². The number of aryl methyl sites for hydroxylation is 1. The lowest BCUT2D eigenvalue weighted by Gasteiger charge is -2.39. The molecule has 4 rings (SSSR count). The second-order valence-electron chi connectivity index (χ2n) is 9.95. The van der Waals surface area contributed by atoms with Crippen LogP contribution in [0.15, 0.2) is 30.6 Å². The number of rotatable bonds is 9. The quantitative estimate of drug-likeness (QED) is 0.462. The largest absolute Gasteiger partial charge is 0.493 e. The molecule has 2 aliphatic heterocycles. The molecule has 1 aromatic carbocycles. The van der Waals surface area contributed by atoms with Crippen molar-refractivity contribution in [1.82, 2.24) is 14.9 Å². The molecule has 10 nitrogen and oxygen atoms in total. The number of hydrogen-bond acceptors (Lipinski definition) is 9. The Kier molecular flexibility index (Phi) is 7.67. The third kappa shape index (κ3) is 4.98. The van der Waals surface area contributed by atoms with Crippen LogP contribution in [0, 0.1) is 5.41 Å². The molecule has 3 N–H and O–H groups in total. The van der Waals surface area contributed by atoms with Crippen LogP contribution in [0.1, 0.15) is 37.8 Å². The van der Waals surface area contributed by atoms with Gasteiger partial charge < -0.3 is 34.6 Å². The van der Waals surface area contributed by atoms with Gasteiger partial charge in [-0.1, -0.05) is 19.9 Å². The van der Waals surface area contributed by atoms with Crippen LogP contribution in [0.2, 0.25) is 0 Å². The third-order valence-corrected chi connectivity index (χ3v) is 7.57. The van der Waals surface area contributed by atoms with Gasteiger partial charge in [-0.05, 0) is 36.6 Å². The van der Waals surface area contributed by atoms with Gasteiger partial charge in [0.2, 0.25) is 5.95 Å². The number of aliphatic hydroxyl groups is 3. The minimum absolute atomic E-state index is 0.0619. The second kappa shape index (κ2) is 10.6. The number of carbonyl (C=O) groups excluding carboxylic acids is 1. The van der Waals surface area contributed by atoms with Gasteiger partial charge in [-0.3, -0.25) is 4.79 Å². The number of amides is 1. The lowest BCUT2D eigenvalue weighted by Crippen LogP contribution is -2.54. The monoisotopic (exact) mass is 500 g/mol. The number of carbonyl (C=O) groups is 1. The molecule has 2 aliphatic rings. The van der Waals surface area contributed by atoms with Gasteiger partial charge in [-0.25, -0.2) is 9.97 Å². The summed E-state index contributed by atoms with van der Waals surface area (Å²) in [7, 11) is 1.59. The van der Waals surface area contributed by atoms with E-state index in [1.807, 2.05) is 37.5 Å². The van der Waals surface area contributed by atoms with Crippen molar-refractivity contribution in [3.63, 3.8) is 0 Å². The van der Waals surface area contributed by atoms with Crippen molar-refractivity contribution in [2.45, 2.75) is 51.4 Å². The molecule has 2 saturated heterocycles. The van der Waals surface area contributed by atoms with E-state index < -0.39 is 30.1 Å². The van der Waals surface area contributed by atoms with E-state index in [4.69, 9.17) is 9.47 Å². The Morgan fingerprint density at radius 3 is 2.47 bits per heavy atom. The molecule has 3 heterocycles. The van der Waals surface area contributed by atoms with Crippen LogP contribution < -0.4 is 14.4 Å². The number of anilines is 1. The number of nitrogens with zero attached hydrogens (tertiary/aromatic N) is 4. The molecular formula is C26H36N4O6. The Hall–Kier alpha value is -2.95. The summed E-state index contributed by atoms with van der Waals surface area (Å²) >= 11 is 0. The summed E-state index contributed by atoms with van der Waals surface area (Å²) in [5, 5.41) is 29.7. The zero-order chi connectivity index (χ0) is 26.0. The maximum absolute atomic E-state index is 12.6. The Morgan fingerprint density at radius 2 is 1.89 bits per heavy atom. The molecule has 1 aromatic heterocycles. The first-order chi connectivity index (χ1) is 17.2. The van der Waals surface area contributed by atoms with Crippen LogP contribution in [0.4, 0.5) is 5.95 Å². The van der Waals surface area contributed by atoms with Crippen LogP contribution in [-0.2, 0) is 11.2 Å². The van der Waals surface area contributed by atoms with Crippen LogP contribution in [0.5, 0.6) is 11.5 Å². The molecule has 10 heteroatoms. The summed E-state index contributed by atoms with van der Waals surface area (Å²) < 4.78 is 11.8. The predicted octanol–water partition coefficient (Wildman–Crippen LogP) is 0.981. The van der Waals surface area contributed by atoms with E-state index in [-0.39, 0.29) is 18.6 Å². The van der Waals surface area contributed by atoms with Gasteiger partial charge in [0.15, 0.2) is 17.6 Å². The zero-order valence-electron chi connectivity index (χ0n) is 21.3. The number of ether oxygens (including phenoxy) is 2. The van der Waals surface area contributed by atoms with E-state index in [0.717, 1.165) is 17.5 Å². The lowest BCUT2D eigenvalue weighted by molar-refractivity contribution is -0.141. The van der Waals surface area contributed by atoms with Crippen molar-refractivity contribution >= 4 is 11.9 Å². The SMILES string of the molecule is CCc1cnc(N2CC(Oc3cc([C@@H]4CN(C(=O)C(O)CO)C[C@@]4(C)C(C)O)ccc3OC)C2)nc1. The highest BCUT2D eigenvalue weighted by Gasteiger charge is 2.49. The number of likely N-dealkylation sites (tertiary alicyclic amines) is 1. The fourth-order valence-electron chi connectivity index (χ4n) is 4.93. The van der Waals surface area contributed by atoms with Crippen molar-refractivity contribution in [2.24, 2.45) is 5.41 Å². The van der Waals surface area contributed by atoms with Gasteiger partial charge in [0.1, 0.15) is 6.10 Å². The van der Waals surface area contributed by atoms with Crippen LogP contribution in [-0.4, -0.2) is 94.3 Å². The number of hydrogen-bond donors (Lipinski definition) is 3. The summed E-state index contributed by atoms with van der Waals surface area (Å²) in [6.45, 7) is 6.94. The molecule has 0 spiro atoms. The van der Waals surface area contributed by atoms with Gasteiger partial charge in [0.25, 0.3) is 5.91 Å². The van der Waals surface area contributed by atoms with Crippen molar-refractivity contribution in [3.05, 3.63) is 41.7 Å². The number of benzene rings is 1. The molecule has 0 radical (unpaired) electrons. The molecule has 0 saturated carbocycles. The predicted molar refractivity (Wildman–Crippen MR) is 133 cm³/mol. The molecular weight excluding hydrogens is 464 g/mol. The first kappa shape index (κ1) is 26.1. The third-order valence-electron chi connectivity index (χ3n) is 7.57. The normalized spacial score (nSPS) is 23.8. The average Bonchev–Trinajstić information content (AvgIpc) is 3.23. The van der Waals surface area contributed by atoms with Crippen molar-refractivity contribution in [1.29, 1.82) is 0 Å². The highest BCUT2D eigenvalue weighted by Crippen LogP contribution is 2.47. The molecule has 2 unspecified atom stereocenters. The topological polar surface area (TPSA) is 128 Å². The van der Waals surface area contributed by atoms with E-state index >= 15 is 0 Å². The summed E-state index contributed by atoms with van der Waals surface area (Å²) in [5.41, 5.74) is 1.35. The highest BCUT2D eigenvalue weighted by atomic mass is 16.5. The van der Waals surface area contributed by atoms with E-state index in [1.165, 1.54) is 4.90 Å². The van der Waals surface area contributed by atoms with Crippen molar-refractivity contribution < 1.29 is 29.6 Å². The first-order valence-corrected chi connectivity index (χ1v) is 12.4. The minimum atomic E-state index is -1.47. The fourth-order valence-corrected chi connectivity index (χ4v) is 4.93. The van der Waals surface area contributed by atoms with E-state index in [1.54, 1.807) is 14.0 Å². The standard InChI is InChI=1S/C26H36N4O6/c1-5-17-9-27-25(28-10-17)29-11-19(12-29)36-23-8-18(6-7-22(23)35-4)20-13-30(24(34)21(33)14-31)15-26(20,3)16(2)32/h6-10,16,19-21,31-33H,5,11-15H2,1-4H3/t16?,20-,21?,26-/m0/s1. The first-order valence-electron chi connectivity index (χ1n) is 12.4. The molecule has 36 heavy (non-hydrogen) atoms. The summed E-state index contributed by atoms with van der Waals surface area (Å²) in [4.78, 5) is 25.0. The molecule has 2 aromatic rings. The maximum atomic E-state index is 12.6. The van der Waals surface area contributed by atoms with Crippen molar-refractivity contribution in [2.75, 3.05) is 44.8 Å². The zero-order valence-corrected chi connectivity index (χ0v) is 21.3. The summed E-state index contributed by atoms with van der Waals surface area (Å²) in [6, 6.07) is 5.67. The van der Waals surface area contributed by atoms with E-state index in [9.17, 15) is 20.1 Å². The molecule has 0 bridgehead atoms. The van der Waals surface area contributed by atoms with Crippen LogP contribution in [0.3, 0.4) is 0 Å². The number of methoxy groups -OCH3 is 1. The fraction of sp³-hybridized carbons (Fsp3) is 0.577. The van der Waals surface area contributed by atoms with Crippen molar-refractivity contribution in [3.8, 4) is 11.5 Å². The summed E-state index contributed by atoms with van der Waals surface area (Å²) in [6.07, 6.45) is 2.34. The van der Waals surface area contributed by atoms with Gasteiger partial charge in [0, 0.05) is 36.8 Å². The Bertz CT molecular complexity index is 1060. The molecule has 196 valence electrons. The lowest BCUT2D eigenvalue weighted by atomic mass is 9.72. The molecule has 4 atom stereocenters. The minimum Gasteiger partial charge on any atom is -0.493 e. The Balaban J connectivity index is 1.50. The smallest absolute Gasteiger partial charge is 0.253 e. The molecule has 2 fully saturated rings. The molecule has 0 aliphatic carbocycles. The molecule has 1 amide bonds. The van der Waals surface area contributed by atoms with E-state index in [0.29, 0.717) is 37.1 Å². The Labute approximate surface area is 211 Å². The average molecular weight is 501 g/mol. The summed E-state index contributed by atoms with van der Waals surface area (Å²) in [5.74, 6) is 1.13. The second-order valence-corrected chi connectivity index (χ2v) is 9.95. The number of aromatic nitrogens is 2. The van der Waals surface area contributed by atoms with Gasteiger partial charge in [-0.2, -0.15) is 0 Å².